The number of primary sulfonamides is 1. The van der Waals surface area contributed by atoms with Gasteiger partial charge in [0.25, 0.3) is 5.92 Å². The van der Waals surface area contributed by atoms with Crippen LogP contribution in [0.15, 0.2) is 53.4 Å². The summed E-state index contributed by atoms with van der Waals surface area (Å²) in [7, 11) is -3.68. The molecule has 2 aliphatic rings. The Morgan fingerprint density at radius 2 is 1.62 bits per heavy atom. The maximum absolute atomic E-state index is 13.4. The number of sulfonamides is 1. The van der Waals surface area contributed by atoms with Gasteiger partial charge < -0.3 is 0 Å². The number of nitrogens with two attached hydrogens (primary N) is 1. The number of hydrogen-bond donors (Lipinski definition) is 1. The van der Waals surface area contributed by atoms with Gasteiger partial charge in [-0.25, -0.2) is 22.3 Å². The molecule has 2 aromatic rings. The molecule has 1 spiro atoms. The standard InChI is InChI=1S/C23H27F2NO2S/c1-22(24,25)18-9-4-16(5-10-18)6-13-20-21(23(20)14-2-3-15-23)17-7-11-19(12-8-17)29(26,27)28/h4-5,7-12,20-21H,2-3,6,13-15H2,1H3,(H2,26,27,28). The Hall–Kier alpha value is -1.79. The van der Waals surface area contributed by atoms with E-state index in [-0.39, 0.29) is 10.5 Å². The third kappa shape index (κ3) is 3.97. The highest BCUT2D eigenvalue weighted by atomic mass is 32.2. The lowest BCUT2D eigenvalue weighted by molar-refractivity contribution is 0.0174. The lowest BCUT2D eigenvalue weighted by atomic mass is 9.96. The summed E-state index contributed by atoms with van der Waals surface area (Å²) >= 11 is 0. The molecule has 2 saturated carbocycles. The Labute approximate surface area is 171 Å². The second-order valence-corrected chi connectivity index (χ2v) is 10.3. The van der Waals surface area contributed by atoms with Gasteiger partial charge in [-0.2, -0.15) is 0 Å². The molecule has 0 saturated heterocycles. The molecule has 4 rings (SSSR count). The summed E-state index contributed by atoms with van der Waals surface area (Å²) in [5, 5.41) is 5.22. The third-order valence-corrected chi connectivity index (χ3v) is 7.89. The second-order valence-electron chi connectivity index (χ2n) is 8.76. The molecule has 2 unspecified atom stereocenters. The van der Waals surface area contributed by atoms with E-state index in [1.54, 1.807) is 12.1 Å². The molecule has 2 fully saturated rings. The van der Waals surface area contributed by atoms with Crippen LogP contribution in [0.2, 0.25) is 0 Å². The number of rotatable bonds is 6. The zero-order valence-corrected chi connectivity index (χ0v) is 17.4. The van der Waals surface area contributed by atoms with Crippen molar-refractivity contribution >= 4 is 10.0 Å². The van der Waals surface area contributed by atoms with Gasteiger partial charge in [0.05, 0.1) is 4.90 Å². The van der Waals surface area contributed by atoms with E-state index in [9.17, 15) is 17.2 Å². The van der Waals surface area contributed by atoms with Gasteiger partial charge in [0, 0.05) is 12.5 Å². The van der Waals surface area contributed by atoms with Crippen molar-refractivity contribution in [2.45, 2.75) is 62.2 Å². The van der Waals surface area contributed by atoms with Crippen LogP contribution in [0.3, 0.4) is 0 Å². The summed E-state index contributed by atoms with van der Waals surface area (Å²) in [6.45, 7) is 0.918. The Kier molecular flexibility index (Phi) is 5.06. The molecule has 2 N–H and O–H groups in total. The SMILES string of the molecule is CC(F)(F)c1ccc(CCC2C(c3ccc(S(N)(=O)=O)cc3)C23CCCC3)cc1. The van der Waals surface area contributed by atoms with Gasteiger partial charge in [-0.1, -0.05) is 49.2 Å². The monoisotopic (exact) mass is 419 g/mol. The highest BCUT2D eigenvalue weighted by molar-refractivity contribution is 7.89. The minimum absolute atomic E-state index is 0.0488. The predicted molar refractivity (Wildman–Crippen MR) is 109 cm³/mol. The summed E-state index contributed by atoms with van der Waals surface area (Å²) in [5.74, 6) is -1.81. The van der Waals surface area contributed by atoms with Crippen molar-refractivity contribution in [1.82, 2.24) is 0 Å². The smallest absolute Gasteiger partial charge is 0.225 e. The lowest BCUT2D eigenvalue weighted by Crippen LogP contribution is -2.11. The Morgan fingerprint density at radius 1 is 1.03 bits per heavy atom. The molecule has 156 valence electrons. The molecule has 0 amide bonds. The molecule has 0 heterocycles. The average molecular weight is 420 g/mol. The van der Waals surface area contributed by atoms with Gasteiger partial charge in [0.15, 0.2) is 0 Å². The van der Waals surface area contributed by atoms with Crippen LogP contribution in [0.5, 0.6) is 0 Å². The Bertz CT molecular complexity index is 973. The molecule has 0 aromatic heterocycles. The topological polar surface area (TPSA) is 60.2 Å². The third-order valence-electron chi connectivity index (χ3n) is 6.96. The van der Waals surface area contributed by atoms with Crippen molar-refractivity contribution in [2.24, 2.45) is 16.5 Å². The van der Waals surface area contributed by atoms with Crippen molar-refractivity contribution in [1.29, 1.82) is 0 Å². The van der Waals surface area contributed by atoms with E-state index in [1.165, 1.54) is 43.4 Å². The molecular formula is C23H27F2NO2S. The highest BCUT2D eigenvalue weighted by Gasteiger charge is 2.64. The van der Waals surface area contributed by atoms with Gasteiger partial charge in [-0.15, -0.1) is 0 Å². The second kappa shape index (κ2) is 7.17. The van der Waals surface area contributed by atoms with Gasteiger partial charge in [0.2, 0.25) is 10.0 Å². The number of halogens is 2. The predicted octanol–water partition coefficient (Wildman–Crippen LogP) is 5.35. The summed E-state index contributed by atoms with van der Waals surface area (Å²) in [6.07, 6.45) is 6.78. The van der Waals surface area contributed by atoms with Crippen LogP contribution in [0.1, 0.15) is 61.6 Å². The lowest BCUT2D eigenvalue weighted by Gasteiger charge is -2.11. The fraction of sp³-hybridized carbons (Fsp3) is 0.478. The number of alkyl halides is 2. The maximum atomic E-state index is 13.4. The zero-order chi connectivity index (χ0) is 20.9. The van der Waals surface area contributed by atoms with E-state index < -0.39 is 15.9 Å². The Morgan fingerprint density at radius 3 is 2.14 bits per heavy atom. The fourth-order valence-electron chi connectivity index (χ4n) is 5.46. The number of hydrogen-bond acceptors (Lipinski definition) is 2. The average Bonchev–Trinajstić information content (AvgIpc) is 2.99. The van der Waals surface area contributed by atoms with E-state index in [1.807, 2.05) is 24.3 Å². The molecule has 2 aromatic carbocycles. The molecule has 0 radical (unpaired) electrons. The summed E-state index contributed by atoms with van der Waals surface area (Å²) in [4.78, 5) is 0.145. The molecule has 0 bridgehead atoms. The van der Waals surface area contributed by atoms with Gasteiger partial charge in [-0.05, 0) is 66.2 Å². The molecule has 6 heteroatoms. The normalized spacial score (nSPS) is 23.4. The zero-order valence-electron chi connectivity index (χ0n) is 16.6. The van der Waals surface area contributed by atoms with Gasteiger partial charge in [0.1, 0.15) is 0 Å². The van der Waals surface area contributed by atoms with E-state index in [0.717, 1.165) is 25.3 Å². The van der Waals surface area contributed by atoms with E-state index in [2.05, 4.69) is 0 Å². The summed E-state index contributed by atoms with van der Waals surface area (Å²) < 4.78 is 49.9. The van der Waals surface area contributed by atoms with Crippen LogP contribution in [0.4, 0.5) is 8.78 Å². The fourth-order valence-corrected chi connectivity index (χ4v) is 5.98. The van der Waals surface area contributed by atoms with Gasteiger partial charge >= 0.3 is 0 Å². The summed E-state index contributed by atoms with van der Waals surface area (Å²) in [6, 6.07) is 13.7. The number of benzene rings is 2. The summed E-state index contributed by atoms with van der Waals surface area (Å²) in [5.41, 5.74) is 2.64. The Balaban J connectivity index is 1.48. The van der Waals surface area contributed by atoms with Gasteiger partial charge in [-0.3, -0.25) is 0 Å². The quantitative estimate of drug-likeness (QED) is 0.686. The maximum Gasteiger partial charge on any atom is 0.270 e. The van der Waals surface area contributed by atoms with E-state index in [0.29, 0.717) is 17.3 Å². The first-order valence-electron chi connectivity index (χ1n) is 10.2. The van der Waals surface area contributed by atoms with Crippen molar-refractivity contribution < 1.29 is 17.2 Å². The molecule has 2 atom stereocenters. The van der Waals surface area contributed by atoms with Crippen LogP contribution < -0.4 is 5.14 Å². The van der Waals surface area contributed by atoms with Crippen molar-refractivity contribution in [3.05, 3.63) is 65.2 Å². The molecule has 3 nitrogen and oxygen atoms in total. The first kappa shape index (κ1) is 20.5. The van der Waals surface area contributed by atoms with Crippen LogP contribution in [-0.2, 0) is 22.4 Å². The van der Waals surface area contributed by atoms with Crippen LogP contribution >= 0.6 is 0 Å². The van der Waals surface area contributed by atoms with E-state index in [4.69, 9.17) is 5.14 Å². The van der Waals surface area contributed by atoms with Crippen LogP contribution in [-0.4, -0.2) is 8.42 Å². The first-order chi connectivity index (χ1) is 13.6. The number of aryl methyl sites for hydroxylation is 1. The molecule has 29 heavy (non-hydrogen) atoms. The highest BCUT2D eigenvalue weighted by Crippen LogP contribution is 2.73. The first-order valence-corrected chi connectivity index (χ1v) is 11.8. The van der Waals surface area contributed by atoms with Crippen LogP contribution in [0, 0.1) is 11.3 Å². The molecule has 2 aliphatic carbocycles. The van der Waals surface area contributed by atoms with Crippen molar-refractivity contribution in [3.8, 4) is 0 Å². The minimum atomic E-state index is -3.68. The molecule has 0 aliphatic heterocycles. The van der Waals surface area contributed by atoms with Crippen LogP contribution in [0.25, 0.3) is 0 Å². The molecular weight excluding hydrogens is 392 g/mol. The minimum Gasteiger partial charge on any atom is -0.225 e. The van der Waals surface area contributed by atoms with Crippen molar-refractivity contribution in [3.63, 3.8) is 0 Å². The largest absolute Gasteiger partial charge is 0.270 e. The van der Waals surface area contributed by atoms with E-state index >= 15 is 0 Å². The van der Waals surface area contributed by atoms with Crippen molar-refractivity contribution in [2.75, 3.05) is 0 Å².